The van der Waals surface area contributed by atoms with Gasteiger partial charge in [-0.2, -0.15) is 0 Å². The van der Waals surface area contributed by atoms with Crippen molar-refractivity contribution in [2.24, 2.45) is 0 Å². The van der Waals surface area contributed by atoms with E-state index in [0.717, 1.165) is 28.1 Å². The summed E-state index contributed by atoms with van der Waals surface area (Å²) in [6, 6.07) is 14.0. The Morgan fingerprint density at radius 1 is 1.14 bits per heavy atom. The van der Waals surface area contributed by atoms with E-state index in [2.05, 4.69) is 25.1 Å². The van der Waals surface area contributed by atoms with Crippen LogP contribution in [0.5, 0.6) is 0 Å². The molecule has 1 atom stereocenters. The maximum absolute atomic E-state index is 12.4. The first-order valence-electron chi connectivity index (χ1n) is 6.92. The molecule has 4 heteroatoms. The molecule has 2 N–H and O–H groups in total. The van der Waals surface area contributed by atoms with E-state index >= 15 is 0 Å². The van der Waals surface area contributed by atoms with Gasteiger partial charge in [-0.05, 0) is 48.7 Å². The van der Waals surface area contributed by atoms with E-state index in [1.54, 1.807) is 11.8 Å². The third-order valence-electron chi connectivity index (χ3n) is 3.71. The summed E-state index contributed by atoms with van der Waals surface area (Å²) in [6.07, 6.45) is 0. The standard InChI is InChI=1S/C17H18N2OS/c1-11-3-4-12(2)15(9-11)19-16(20)10-21-17(19)13-5-7-14(18)8-6-13/h3-9,17H,10,18H2,1-2H3/t17-/m0/s1. The summed E-state index contributed by atoms with van der Waals surface area (Å²) < 4.78 is 0. The zero-order valence-corrected chi connectivity index (χ0v) is 13.0. The van der Waals surface area contributed by atoms with Crippen LogP contribution >= 0.6 is 11.8 Å². The molecule has 0 radical (unpaired) electrons. The Labute approximate surface area is 129 Å². The van der Waals surface area contributed by atoms with E-state index in [-0.39, 0.29) is 11.3 Å². The average Bonchev–Trinajstić information content (AvgIpc) is 2.84. The Balaban J connectivity index is 2.03. The van der Waals surface area contributed by atoms with E-state index in [1.165, 1.54) is 0 Å². The van der Waals surface area contributed by atoms with Crippen molar-refractivity contribution < 1.29 is 4.79 Å². The molecule has 1 fully saturated rings. The van der Waals surface area contributed by atoms with E-state index in [9.17, 15) is 4.79 Å². The van der Waals surface area contributed by atoms with E-state index in [1.807, 2.05) is 36.1 Å². The van der Waals surface area contributed by atoms with E-state index in [4.69, 9.17) is 5.73 Å². The topological polar surface area (TPSA) is 46.3 Å². The van der Waals surface area contributed by atoms with E-state index in [0.29, 0.717) is 5.75 Å². The van der Waals surface area contributed by atoms with Gasteiger partial charge in [0, 0.05) is 11.4 Å². The first-order chi connectivity index (χ1) is 10.1. The van der Waals surface area contributed by atoms with Crippen LogP contribution in [0.3, 0.4) is 0 Å². The lowest BCUT2D eigenvalue weighted by molar-refractivity contribution is -0.115. The lowest BCUT2D eigenvalue weighted by atomic mass is 10.1. The Bertz CT molecular complexity index is 682. The van der Waals surface area contributed by atoms with Crippen LogP contribution in [-0.4, -0.2) is 11.7 Å². The molecule has 0 spiro atoms. The van der Waals surface area contributed by atoms with Crippen molar-refractivity contribution in [2.45, 2.75) is 19.2 Å². The van der Waals surface area contributed by atoms with Crippen molar-refractivity contribution in [1.82, 2.24) is 0 Å². The Morgan fingerprint density at radius 2 is 1.86 bits per heavy atom. The molecular weight excluding hydrogens is 280 g/mol. The monoisotopic (exact) mass is 298 g/mol. The first-order valence-corrected chi connectivity index (χ1v) is 7.97. The smallest absolute Gasteiger partial charge is 0.238 e. The molecule has 2 aromatic rings. The van der Waals surface area contributed by atoms with Gasteiger partial charge in [-0.1, -0.05) is 24.3 Å². The number of hydrogen-bond acceptors (Lipinski definition) is 3. The van der Waals surface area contributed by atoms with Crippen LogP contribution in [0.2, 0.25) is 0 Å². The number of carbonyl (C=O) groups excluding carboxylic acids is 1. The molecule has 1 aliphatic heterocycles. The van der Waals surface area contributed by atoms with Crippen LogP contribution in [-0.2, 0) is 4.79 Å². The number of thioether (sulfide) groups is 1. The second-order valence-electron chi connectivity index (χ2n) is 5.38. The van der Waals surface area contributed by atoms with Gasteiger partial charge in [0.2, 0.25) is 5.91 Å². The summed E-state index contributed by atoms with van der Waals surface area (Å²) in [4.78, 5) is 14.3. The largest absolute Gasteiger partial charge is 0.399 e. The number of anilines is 2. The van der Waals surface area contributed by atoms with Gasteiger partial charge in [-0.3, -0.25) is 9.69 Å². The summed E-state index contributed by atoms with van der Waals surface area (Å²) in [5.74, 6) is 0.679. The number of nitrogens with zero attached hydrogens (tertiary/aromatic N) is 1. The molecular formula is C17H18N2OS. The van der Waals surface area contributed by atoms with Gasteiger partial charge >= 0.3 is 0 Å². The predicted octanol–water partition coefficient (Wildman–Crippen LogP) is 3.66. The molecule has 108 valence electrons. The number of rotatable bonds is 2. The molecule has 1 amide bonds. The zero-order chi connectivity index (χ0) is 15.0. The number of nitrogens with two attached hydrogens (primary N) is 1. The van der Waals surface area contributed by atoms with Crippen LogP contribution in [0, 0.1) is 13.8 Å². The van der Waals surface area contributed by atoms with Gasteiger partial charge in [-0.15, -0.1) is 11.8 Å². The third-order valence-corrected chi connectivity index (χ3v) is 4.93. The van der Waals surface area contributed by atoms with Crippen LogP contribution in [0.4, 0.5) is 11.4 Å². The van der Waals surface area contributed by atoms with Gasteiger partial charge in [0.1, 0.15) is 5.37 Å². The lowest BCUT2D eigenvalue weighted by Gasteiger charge is -2.26. The van der Waals surface area contributed by atoms with Gasteiger partial charge in [0.25, 0.3) is 0 Å². The second-order valence-corrected chi connectivity index (χ2v) is 6.45. The summed E-state index contributed by atoms with van der Waals surface area (Å²) >= 11 is 1.66. The predicted molar refractivity (Wildman–Crippen MR) is 89.5 cm³/mol. The fourth-order valence-electron chi connectivity index (χ4n) is 2.57. The minimum Gasteiger partial charge on any atom is -0.399 e. The number of hydrogen-bond donors (Lipinski definition) is 1. The highest BCUT2D eigenvalue weighted by Gasteiger charge is 2.34. The van der Waals surface area contributed by atoms with Crippen LogP contribution in [0.15, 0.2) is 42.5 Å². The molecule has 0 bridgehead atoms. The fraction of sp³-hybridized carbons (Fsp3) is 0.235. The van der Waals surface area contributed by atoms with Crippen molar-refractivity contribution >= 4 is 29.0 Å². The van der Waals surface area contributed by atoms with Crippen molar-refractivity contribution in [2.75, 3.05) is 16.4 Å². The molecule has 0 aromatic heterocycles. The van der Waals surface area contributed by atoms with Gasteiger partial charge in [0.15, 0.2) is 0 Å². The molecule has 1 heterocycles. The van der Waals surface area contributed by atoms with Crippen molar-refractivity contribution in [3.8, 4) is 0 Å². The summed E-state index contributed by atoms with van der Waals surface area (Å²) in [5, 5.41) is 0.0265. The summed E-state index contributed by atoms with van der Waals surface area (Å²) in [5.41, 5.74) is 10.9. The second kappa shape index (κ2) is 5.45. The zero-order valence-electron chi connectivity index (χ0n) is 12.2. The minimum atomic E-state index is 0.0265. The first kappa shape index (κ1) is 14.0. The maximum atomic E-state index is 12.4. The average molecular weight is 298 g/mol. The number of aryl methyl sites for hydroxylation is 2. The third kappa shape index (κ3) is 2.63. The van der Waals surface area contributed by atoms with Crippen LogP contribution in [0.1, 0.15) is 22.1 Å². The lowest BCUT2D eigenvalue weighted by Crippen LogP contribution is -2.28. The Hall–Kier alpha value is -1.94. The number of benzene rings is 2. The SMILES string of the molecule is Cc1ccc(C)c(N2C(=O)CS[C@H]2c2ccc(N)cc2)c1. The minimum absolute atomic E-state index is 0.0265. The molecule has 0 aliphatic carbocycles. The quantitative estimate of drug-likeness (QED) is 0.861. The Kier molecular flexibility index (Phi) is 3.64. The molecule has 21 heavy (non-hydrogen) atoms. The highest BCUT2D eigenvalue weighted by molar-refractivity contribution is 8.00. The molecule has 0 saturated carbocycles. The number of amides is 1. The molecule has 1 aliphatic rings. The van der Waals surface area contributed by atoms with Crippen molar-refractivity contribution in [1.29, 1.82) is 0 Å². The van der Waals surface area contributed by atoms with Gasteiger partial charge in [-0.25, -0.2) is 0 Å². The Morgan fingerprint density at radius 3 is 2.57 bits per heavy atom. The van der Waals surface area contributed by atoms with Crippen LogP contribution in [0.25, 0.3) is 0 Å². The summed E-state index contributed by atoms with van der Waals surface area (Å²) in [6.45, 7) is 4.10. The normalized spacial score (nSPS) is 18.3. The fourth-order valence-corrected chi connectivity index (χ4v) is 3.74. The van der Waals surface area contributed by atoms with Crippen LogP contribution < -0.4 is 10.6 Å². The molecule has 1 saturated heterocycles. The highest BCUT2D eigenvalue weighted by Crippen LogP contribution is 2.43. The van der Waals surface area contributed by atoms with Gasteiger partial charge in [0.05, 0.1) is 5.75 Å². The van der Waals surface area contributed by atoms with Gasteiger partial charge < -0.3 is 5.73 Å². The maximum Gasteiger partial charge on any atom is 0.238 e. The van der Waals surface area contributed by atoms with E-state index < -0.39 is 0 Å². The van der Waals surface area contributed by atoms with Crippen molar-refractivity contribution in [3.63, 3.8) is 0 Å². The number of carbonyl (C=O) groups is 1. The highest BCUT2D eigenvalue weighted by atomic mass is 32.2. The molecule has 3 rings (SSSR count). The summed E-state index contributed by atoms with van der Waals surface area (Å²) in [7, 11) is 0. The molecule has 3 nitrogen and oxygen atoms in total. The molecule has 0 unspecified atom stereocenters. The van der Waals surface area contributed by atoms with Crippen molar-refractivity contribution in [3.05, 3.63) is 59.2 Å². The molecule has 2 aromatic carbocycles. The number of nitrogen functional groups attached to an aromatic ring is 1.